The molecule has 1 heterocycles. The second-order valence-electron chi connectivity index (χ2n) is 7.21. The number of ether oxygens (including phenoxy) is 1. The van der Waals surface area contributed by atoms with Crippen LogP contribution in [0, 0.1) is 6.92 Å². The fourth-order valence-electron chi connectivity index (χ4n) is 3.21. The Morgan fingerprint density at radius 2 is 1.89 bits per heavy atom. The lowest BCUT2D eigenvalue weighted by Crippen LogP contribution is -2.38. The molecule has 1 atom stereocenters. The van der Waals surface area contributed by atoms with E-state index in [-0.39, 0.29) is 11.9 Å². The molecule has 2 aromatic carbocycles. The normalized spacial score (nSPS) is 16.0. The van der Waals surface area contributed by atoms with E-state index >= 15 is 0 Å². The summed E-state index contributed by atoms with van der Waals surface area (Å²) in [5, 5.41) is 6.91. The Balaban J connectivity index is 1.57. The molecule has 28 heavy (non-hydrogen) atoms. The number of benzene rings is 2. The predicted octanol–water partition coefficient (Wildman–Crippen LogP) is 3.60. The molecule has 2 N–H and O–H groups in total. The molecule has 0 saturated carbocycles. The van der Waals surface area contributed by atoms with Gasteiger partial charge in [-0.25, -0.2) is 0 Å². The van der Waals surface area contributed by atoms with Gasteiger partial charge in [-0.05, 0) is 42.7 Å². The smallest absolute Gasteiger partial charge is 0.241 e. The van der Waals surface area contributed by atoms with Crippen molar-refractivity contribution >= 4 is 23.2 Å². The Labute approximate surface area is 172 Å². The fourth-order valence-corrected chi connectivity index (χ4v) is 3.38. The van der Waals surface area contributed by atoms with Crippen molar-refractivity contribution in [3.63, 3.8) is 0 Å². The molecule has 1 saturated heterocycles. The van der Waals surface area contributed by atoms with Crippen LogP contribution in [0.25, 0.3) is 0 Å². The highest BCUT2D eigenvalue weighted by molar-refractivity contribution is 6.31. The minimum absolute atomic E-state index is 0.0731. The van der Waals surface area contributed by atoms with Gasteiger partial charge in [0.15, 0.2) is 0 Å². The summed E-state index contributed by atoms with van der Waals surface area (Å²) in [4.78, 5) is 15.0. The molecule has 0 spiro atoms. The van der Waals surface area contributed by atoms with Crippen LogP contribution in [0.5, 0.6) is 0 Å². The molecule has 2 aromatic rings. The number of hydrogen-bond acceptors (Lipinski definition) is 4. The first kappa shape index (κ1) is 20.8. The Bertz CT molecular complexity index is 806. The summed E-state index contributed by atoms with van der Waals surface area (Å²) in [7, 11) is 0. The number of carbonyl (C=O) groups is 1. The number of anilines is 1. The highest BCUT2D eigenvalue weighted by Crippen LogP contribution is 2.20. The van der Waals surface area contributed by atoms with Gasteiger partial charge in [-0.3, -0.25) is 9.69 Å². The summed E-state index contributed by atoms with van der Waals surface area (Å²) >= 11 is 6.04. The first-order valence-corrected chi connectivity index (χ1v) is 10.1. The van der Waals surface area contributed by atoms with Gasteiger partial charge in [0.2, 0.25) is 5.91 Å². The van der Waals surface area contributed by atoms with Crippen molar-refractivity contribution in [2.45, 2.75) is 33.0 Å². The van der Waals surface area contributed by atoms with Gasteiger partial charge >= 0.3 is 0 Å². The number of carbonyl (C=O) groups excluding carboxylic acids is 1. The number of hydrogen-bond donors (Lipinski definition) is 2. The lowest BCUT2D eigenvalue weighted by Gasteiger charge is -2.27. The molecule has 5 nitrogen and oxygen atoms in total. The van der Waals surface area contributed by atoms with E-state index in [0.29, 0.717) is 11.6 Å². The van der Waals surface area contributed by atoms with Gasteiger partial charge in [0.1, 0.15) is 0 Å². The Hall–Kier alpha value is -1.92. The quantitative estimate of drug-likeness (QED) is 0.744. The van der Waals surface area contributed by atoms with Crippen molar-refractivity contribution in [3.8, 4) is 0 Å². The summed E-state index contributed by atoms with van der Waals surface area (Å²) in [6.07, 6.45) is 0. The van der Waals surface area contributed by atoms with Gasteiger partial charge < -0.3 is 15.4 Å². The summed E-state index contributed by atoms with van der Waals surface area (Å²) in [6.45, 7) is 8.87. The number of nitrogens with zero attached hydrogens (tertiary/aromatic N) is 1. The van der Waals surface area contributed by atoms with Crippen LogP contribution in [0.15, 0.2) is 42.5 Å². The maximum absolute atomic E-state index is 12.6. The molecule has 0 aromatic heterocycles. The first-order chi connectivity index (χ1) is 13.5. The molecule has 1 amide bonds. The minimum Gasteiger partial charge on any atom is -0.379 e. The average molecular weight is 402 g/mol. The van der Waals surface area contributed by atoms with E-state index in [1.165, 1.54) is 11.1 Å². The van der Waals surface area contributed by atoms with Gasteiger partial charge in [0, 0.05) is 36.9 Å². The topological polar surface area (TPSA) is 53.6 Å². The molecule has 1 aliphatic rings. The zero-order valence-electron chi connectivity index (χ0n) is 16.5. The number of amides is 1. The molecule has 0 bridgehead atoms. The SMILES string of the molecule is Cc1ccc(Cl)cc1NC(=O)C(C)NCc1ccccc1CN1CCOCC1. The first-order valence-electron chi connectivity index (χ1n) is 9.70. The highest BCUT2D eigenvalue weighted by Gasteiger charge is 2.16. The van der Waals surface area contributed by atoms with E-state index in [1.54, 1.807) is 6.07 Å². The molecular formula is C22H28ClN3O2. The van der Waals surface area contributed by atoms with Crippen LogP contribution in [0.2, 0.25) is 5.02 Å². The lowest BCUT2D eigenvalue weighted by atomic mass is 10.1. The summed E-state index contributed by atoms with van der Waals surface area (Å²) in [6, 6.07) is 13.6. The fraction of sp³-hybridized carbons (Fsp3) is 0.409. The van der Waals surface area contributed by atoms with Crippen LogP contribution in [-0.2, 0) is 22.6 Å². The van der Waals surface area contributed by atoms with E-state index < -0.39 is 0 Å². The van der Waals surface area contributed by atoms with Crippen LogP contribution in [0.4, 0.5) is 5.69 Å². The number of nitrogens with one attached hydrogen (secondary N) is 2. The van der Waals surface area contributed by atoms with Crippen LogP contribution in [0.1, 0.15) is 23.6 Å². The van der Waals surface area contributed by atoms with Crippen LogP contribution in [-0.4, -0.2) is 43.2 Å². The molecule has 1 fully saturated rings. The maximum atomic E-state index is 12.6. The van der Waals surface area contributed by atoms with Crippen molar-refractivity contribution in [2.75, 3.05) is 31.6 Å². The third kappa shape index (κ3) is 5.79. The zero-order chi connectivity index (χ0) is 19.9. The molecule has 3 rings (SSSR count). The average Bonchev–Trinajstić information content (AvgIpc) is 2.70. The maximum Gasteiger partial charge on any atom is 0.241 e. The van der Waals surface area contributed by atoms with Crippen LogP contribution in [0.3, 0.4) is 0 Å². The molecule has 1 unspecified atom stereocenters. The van der Waals surface area contributed by atoms with Gasteiger partial charge in [-0.15, -0.1) is 0 Å². The molecule has 0 aliphatic carbocycles. The highest BCUT2D eigenvalue weighted by atomic mass is 35.5. The van der Waals surface area contributed by atoms with Crippen molar-refractivity contribution in [3.05, 3.63) is 64.2 Å². The van der Waals surface area contributed by atoms with Gasteiger partial charge in [-0.1, -0.05) is 41.9 Å². The van der Waals surface area contributed by atoms with E-state index in [2.05, 4.69) is 33.7 Å². The van der Waals surface area contributed by atoms with Gasteiger partial charge in [0.05, 0.1) is 19.3 Å². The Morgan fingerprint density at radius 3 is 2.64 bits per heavy atom. The second kappa shape index (κ2) is 10.0. The standard InChI is InChI=1S/C22H28ClN3O2/c1-16-7-8-20(23)13-21(16)25-22(27)17(2)24-14-18-5-3-4-6-19(18)15-26-9-11-28-12-10-26/h3-8,13,17,24H,9-12,14-15H2,1-2H3,(H,25,27). The number of aryl methyl sites for hydroxylation is 1. The lowest BCUT2D eigenvalue weighted by molar-refractivity contribution is -0.117. The van der Waals surface area contributed by atoms with Crippen LogP contribution < -0.4 is 10.6 Å². The third-order valence-electron chi connectivity index (χ3n) is 5.07. The van der Waals surface area contributed by atoms with E-state index in [0.717, 1.165) is 44.1 Å². The summed E-state index contributed by atoms with van der Waals surface area (Å²) in [5.74, 6) is -0.0731. The third-order valence-corrected chi connectivity index (χ3v) is 5.30. The number of morpholine rings is 1. The molecular weight excluding hydrogens is 374 g/mol. The Kier molecular flexibility index (Phi) is 7.45. The zero-order valence-corrected chi connectivity index (χ0v) is 17.3. The molecule has 6 heteroatoms. The van der Waals surface area contributed by atoms with Gasteiger partial charge in [-0.2, -0.15) is 0 Å². The summed E-state index contributed by atoms with van der Waals surface area (Å²) < 4.78 is 5.43. The van der Waals surface area contributed by atoms with Crippen LogP contribution >= 0.6 is 11.6 Å². The molecule has 0 radical (unpaired) electrons. The van der Waals surface area contributed by atoms with Crippen molar-refractivity contribution in [1.29, 1.82) is 0 Å². The van der Waals surface area contributed by atoms with Crippen molar-refractivity contribution < 1.29 is 9.53 Å². The monoisotopic (exact) mass is 401 g/mol. The Morgan fingerprint density at radius 1 is 1.18 bits per heavy atom. The van der Waals surface area contributed by atoms with E-state index in [4.69, 9.17) is 16.3 Å². The van der Waals surface area contributed by atoms with Crippen molar-refractivity contribution in [2.24, 2.45) is 0 Å². The number of rotatable bonds is 7. The second-order valence-corrected chi connectivity index (χ2v) is 7.64. The molecule has 150 valence electrons. The number of halogens is 1. The molecule has 1 aliphatic heterocycles. The largest absolute Gasteiger partial charge is 0.379 e. The van der Waals surface area contributed by atoms with E-state index in [9.17, 15) is 4.79 Å². The van der Waals surface area contributed by atoms with Crippen molar-refractivity contribution in [1.82, 2.24) is 10.2 Å². The predicted molar refractivity (Wildman–Crippen MR) is 114 cm³/mol. The van der Waals surface area contributed by atoms with E-state index in [1.807, 2.05) is 32.0 Å². The van der Waals surface area contributed by atoms with Gasteiger partial charge in [0.25, 0.3) is 0 Å². The minimum atomic E-state index is -0.324. The summed E-state index contributed by atoms with van der Waals surface area (Å²) in [5.41, 5.74) is 4.24.